The van der Waals surface area contributed by atoms with Crippen molar-refractivity contribution in [3.05, 3.63) is 36.4 Å². The van der Waals surface area contributed by atoms with E-state index >= 15 is 0 Å². The lowest BCUT2D eigenvalue weighted by Gasteiger charge is -2.15. The summed E-state index contributed by atoms with van der Waals surface area (Å²) in [6.07, 6.45) is 0. The quantitative estimate of drug-likeness (QED) is 0.296. The normalized spacial score (nSPS) is 12.4. The smallest absolute Gasteiger partial charge is 0.169 e. The SMILES string of the molecule is O=[SH](=O)c1cc(O)c2ccc3c([SH](=O)=O)cc([SH](=O)=O)c4ccc1c2c34. The largest absolute Gasteiger partial charge is 0.507 e. The van der Waals surface area contributed by atoms with Crippen LogP contribution in [0.1, 0.15) is 0 Å². The molecule has 134 valence electrons. The van der Waals surface area contributed by atoms with Crippen LogP contribution < -0.4 is 0 Å². The molecule has 0 fully saturated rings. The Bertz CT molecular complexity index is 1390. The molecule has 7 nitrogen and oxygen atoms in total. The standard InChI is InChI=1S/C16H10O7S3/c17-11-5-12(24(18)19)8-3-4-10-14(26(22)23)6-13(25(20)21)9-2-1-7(11)15(8)16(9)10/h1-6,17,24-26H. The summed E-state index contributed by atoms with van der Waals surface area (Å²) in [7, 11) is -9.21. The van der Waals surface area contributed by atoms with Crippen LogP contribution in [0.3, 0.4) is 0 Å². The first-order valence-corrected chi connectivity index (χ1v) is 10.7. The molecule has 0 radical (unpaired) electrons. The third-order valence-electron chi connectivity index (χ3n) is 4.40. The Balaban J connectivity index is 2.46. The maximum atomic E-state index is 11.7. The molecule has 26 heavy (non-hydrogen) atoms. The highest BCUT2D eigenvalue weighted by Gasteiger charge is 2.20. The van der Waals surface area contributed by atoms with Gasteiger partial charge in [0.25, 0.3) is 0 Å². The highest BCUT2D eigenvalue weighted by molar-refractivity contribution is 7.73. The van der Waals surface area contributed by atoms with Gasteiger partial charge in [0.15, 0.2) is 32.1 Å². The molecule has 10 heteroatoms. The van der Waals surface area contributed by atoms with Gasteiger partial charge in [-0.2, -0.15) is 0 Å². The van der Waals surface area contributed by atoms with E-state index in [0.29, 0.717) is 16.2 Å². The summed E-state index contributed by atoms with van der Waals surface area (Å²) >= 11 is 0. The van der Waals surface area contributed by atoms with Gasteiger partial charge in [0, 0.05) is 32.3 Å². The molecule has 0 saturated heterocycles. The average Bonchev–Trinajstić information content (AvgIpc) is 2.59. The van der Waals surface area contributed by atoms with Crippen LogP contribution in [0.2, 0.25) is 0 Å². The molecule has 0 aliphatic carbocycles. The van der Waals surface area contributed by atoms with E-state index in [1.807, 2.05) is 0 Å². The minimum Gasteiger partial charge on any atom is -0.507 e. The first-order valence-electron chi connectivity index (χ1n) is 7.22. The van der Waals surface area contributed by atoms with E-state index in [9.17, 15) is 30.4 Å². The molecule has 0 aromatic heterocycles. The van der Waals surface area contributed by atoms with Crippen LogP contribution in [0.5, 0.6) is 5.75 Å². The molecule has 4 aromatic rings. The fraction of sp³-hybridized carbons (Fsp3) is 0. The lowest BCUT2D eigenvalue weighted by molar-refractivity contribution is 0.480. The van der Waals surface area contributed by atoms with Gasteiger partial charge in [-0.05, 0) is 18.2 Å². The van der Waals surface area contributed by atoms with Gasteiger partial charge < -0.3 is 5.11 Å². The molecule has 0 aliphatic heterocycles. The van der Waals surface area contributed by atoms with Crippen molar-refractivity contribution < 1.29 is 30.4 Å². The van der Waals surface area contributed by atoms with Crippen LogP contribution in [0.15, 0.2) is 51.1 Å². The first-order chi connectivity index (χ1) is 12.3. The average molecular weight is 410 g/mol. The monoisotopic (exact) mass is 410 g/mol. The van der Waals surface area contributed by atoms with Crippen LogP contribution >= 0.6 is 0 Å². The van der Waals surface area contributed by atoms with Crippen LogP contribution in [0.25, 0.3) is 32.3 Å². The van der Waals surface area contributed by atoms with Crippen LogP contribution in [0.4, 0.5) is 0 Å². The minimum atomic E-state index is -3.09. The summed E-state index contributed by atoms with van der Waals surface area (Å²) in [6.45, 7) is 0. The van der Waals surface area contributed by atoms with E-state index in [-0.39, 0.29) is 36.6 Å². The molecule has 0 amide bonds. The molecule has 1 N–H and O–H groups in total. The van der Waals surface area contributed by atoms with E-state index in [1.54, 1.807) is 0 Å². The van der Waals surface area contributed by atoms with Crippen molar-refractivity contribution in [1.82, 2.24) is 0 Å². The fourth-order valence-corrected chi connectivity index (χ4v) is 5.32. The van der Waals surface area contributed by atoms with Gasteiger partial charge in [-0.1, -0.05) is 18.2 Å². The molecular weight excluding hydrogens is 400 g/mol. The van der Waals surface area contributed by atoms with Crippen molar-refractivity contribution in [1.29, 1.82) is 0 Å². The van der Waals surface area contributed by atoms with Crippen molar-refractivity contribution in [2.24, 2.45) is 0 Å². The minimum absolute atomic E-state index is 0.121. The highest BCUT2D eigenvalue weighted by Crippen LogP contribution is 2.43. The van der Waals surface area contributed by atoms with Gasteiger partial charge in [0.05, 0.1) is 14.7 Å². The van der Waals surface area contributed by atoms with Gasteiger partial charge in [0.1, 0.15) is 5.75 Å². The Kier molecular flexibility index (Phi) is 3.79. The van der Waals surface area contributed by atoms with Crippen molar-refractivity contribution in [3.8, 4) is 5.75 Å². The molecule has 4 aromatic carbocycles. The number of phenols is 1. The molecule has 0 unspecified atom stereocenters. The zero-order valence-electron chi connectivity index (χ0n) is 12.7. The second-order valence-corrected chi connectivity index (χ2v) is 8.66. The number of thiol groups is 3. The number of benzene rings is 4. The number of hydrogen-bond donors (Lipinski definition) is 4. The Morgan fingerprint density at radius 2 is 0.885 bits per heavy atom. The van der Waals surface area contributed by atoms with Crippen molar-refractivity contribution >= 4 is 64.4 Å². The lowest BCUT2D eigenvalue weighted by atomic mass is 9.94. The maximum absolute atomic E-state index is 11.7. The summed E-state index contributed by atoms with van der Waals surface area (Å²) in [6, 6.07) is 8.09. The van der Waals surface area contributed by atoms with Gasteiger partial charge >= 0.3 is 0 Å². The van der Waals surface area contributed by atoms with Crippen molar-refractivity contribution in [2.45, 2.75) is 14.7 Å². The van der Waals surface area contributed by atoms with Gasteiger partial charge in [-0.25, -0.2) is 25.3 Å². The van der Waals surface area contributed by atoms with Gasteiger partial charge in [-0.15, -0.1) is 0 Å². The predicted molar refractivity (Wildman–Crippen MR) is 97.6 cm³/mol. The van der Waals surface area contributed by atoms with Crippen LogP contribution in [-0.4, -0.2) is 30.4 Å². The molecule has 0 saturated carbocycles. The van der Waals surface area contributed by atoms with E-state index in [1.165, 1.54) is 24.3 Å². The number of phenolic OH excluding ortho intramolecular Hbond substituents is 1. The third-order valence-corrected chi connectivity index (χ3v) is 6.69. The molecule has 0 aliphatic rings. The van der Waals surface area contributed by atoms with Crippen LogP contribution in [-0.2, 0) is 32.1 Å². The predicted octanol–water partition coefficient (Wildman–Crippen LogP) is 1.20. The summed E-state index contributed by atoms with van der Waals surface area (Å²) < 4.78 is 69.8. The number of rotatable bonds is 3. The van der Waals surface area contributed by atoms with E-state index < -0.39 is 32.1 Å². The third kappa shape index (κ3) is 2.26. The number of hydrogen-bond acceptors (Lipinski definition) is 7. The second-order valence-electron chi connectivity index (χ2n) is 5.67. The molecular formula is C16H10O7S3. The van der Waals surface area contributed by atoms with E-state index in [0.717, 1.165) is 12.1 Å². The van der Waals surface area contributed by atoms with Crippen molar-refractivity contribution in [2.75, 3.05) is 0 Å². The molecule has 0 heterocycles. The van der Waals surface area contributed by atoms with E-state index in [4.69, 9.17) is 0 Å². The van der Waals surface area contributed by atoms with Crippen molar-refractivity contribution in [3.63, 3.8) is 0 Å². The first kappa shape index (κ1) is 17.0. The zero-order chi connectivity index (χ0) is 18.7. The van der Waals surface area contributed by atoms with Crippen LogP contribution in [0, 0.1) is 0 Å². The molecule has 0 bridgehead atoms. The summed E-state index contributed by atoms with van der Waals surface area (Å²) in [5, 5.41) is 12.0. The van der Waals surface area contributed by atoms with Gasteiger partial charge in [-0.3, -0.25) is 0 Å². The fourth-order valence-electron chi connectivity index (χ4n) is 3.37. The molecule has 0 atom stereocenters. The topological polar surface area (TPSA) is 123 Å². The summed E-state index contributed by atoms with van der Waals surface area (Å²) in [5.41, 5.74) is 0. The number of aromatic hydroxyl groups is 1. The zero-order valence-corrected chi connectivity index (χ0v) is 15.4. The highest BCUT2D eigenvalue weighted by atomic mass is 32.2. The maximum Gasteiger partial charge on any atom is 0.169 e. The summed E-state index contributed by atoms with van der Waals surface area (Å²) in [4.78, 5) is -0.468. The Morgan fingerprint density at radius 1 is 0.538 bits per heavy atom. The Morgan fingerprint density at radius 3 is 1.31 bits per heavy atom. The van der Waals surface area contributed by atoms with E-state index in [2.05, 4.69) is 0 Å². The Labute approximate surface area is 151 Å². The lowest BCUT2D eigenvalue weighted by Crippen LogP contribution is -1.95. The molecule has 0 spiro atoms. The Hall–Kier alpha value is -2.43. The second kappa shape index (κ2) is 5.79. The molecule has 4 rings (SSSR count). The summed E-state index contributed by atoms with van der Waals surface area (Å²) in [5.74, 6) is -0.286. The van der Waals surface area contributed by atoms with Gasteiger partial charge in [0.2, 0.25) is 0 Å².